The third kappa shape index (κ3) is 3.35. The molecule has 30 heavy (non-hydrogen) atoms. The monoisotopic (exact) mass is 411 g/mol. The lowest BCUT2D eigenvalue weighted by Crippen LogP contribution is -2.26. The number of carbonyl (C=O) groups excluding carboxylic acids is 2. The van der Waals surface area contributed by atoms with E-state index < -0.39 is 5.25 Å². The van der Waals surface area contributed by atoms with Gasteiger partial charge in [-0.15, -0.1) is 10.2 Å². The van der Waals surface area contributed by atoms with E-state index in [0.717, 1.165) is 28.0 Å². The fraction of sp³-hybridized carbons (Fsp3) is 0.0833. The number of Topliss-reactive ketones (excluding diaryl/α,β-unsaturated/α-hetero) is 1. The Hall–Kier alpha value is -3.51. The predicted molar refractivity (Wildman–Crippen MR) is 120 cm³/mol. The lowest BCUT2D eigenvalue weighted by Gasteiger charge is -2.04. The molecular weight excluding hydrogens is 394 g/mol. The van der Waals surface area contributed by atoms with Crippen LogP contribution in [-0.4, -0.2) is 27.8 Å². The van der Waals surface area contributed by atoms with Gasteiger partial charge < -0.3 is 5.32 Å². The molecular formula is C24H17N3O2S. The number of fused-ring (bicyclic) bond motifs is 3. The van der Waals surface area contributed by atoms with Crippen molar-refractivity contribution >= 4 is 34.3 Å². The molecule has 0 bridgehead atoms. The highest BCUT2D eigenvalue weighted by atomic mass is 32.2. The van der Waals surface area contributed by atoms with E-state index in [1.165, 1.54) is 11.8 Å². The lowest BCUT2D eigenvalue weighted by molar-refractivity contribution is -0.118. The summed E-state index contributed by atoms with van der Waals surface area (Å²) in [5.41, 5.74) is 5.69. The molecule has 1 saturated heterocycles. The number of hydrogen-bond donors (Lipinski definition) is 1. The first-order valence-corrected chi connectivity index (χ1v) is 10.5. The second-order valence-corrected chi connectivity index (χ2v) is 8.23. The van der Waals surface area contributed by atoms with E-state index in [-0.39, 0.29) is 18.1 Å². The number of hydrogen-bond acceptors (Lipinski definition) is 5. The number of amidine groups is 1. The van der Waals surface area contributed by atoms with Gasteiger partial charge in [-0.2, -0.15) is 0 Å². The number of ketones is 1. The molecule has 5 rings (SSSR count). The molecule has 6 heteroatoms. The van der Waals surface area contributed by atoms with Crippen LogP contribution >= 0.6 is 11.8 Å². The summed E-state index contributed by atoms with van der Waals surface area (Å²) < 4.78 is 0. The van der Waals surface area contributed by atoms with Crippen LogP contribution in [-0.2, 0) is 4.79 Å². The van der Waals surface area contributed by atoms with Crippen LogP contribution in [0.15, 0.2) is 89.1 Å². The number of benzene rings is 3. The average Bonchev–Trinajstić information content (AvgIpc) is 3.30. The topological polar surface area (TPSA) is 70.9 Å². The van der Waals surface area contributed by atoms with Crippen LogP contribution in [0.25, 0.3) is 11.1 Å². The SMILES string of the molecule is O=C(C[C@@H]1S/C(=N\N=C2c3ccccc3-c3ccccc32)NC1=O)c1ccccc1. The molecule has 1 aliphatic heterocycles. The molecule has 3 aromatic rings. The van der Waals surface area contributed by atoms with Crippen LogP contribution in [0.1, 0.15) is 27.9 Å². The van der Waals surface area contributed by atoms with Crippen LogP contribution in [0.2, 0.25) is 0 Å². The Kier molecular flexibility index (Phi) is 4.77. The summed E-state index contributed by atoms with van der Waals surface area (Å²) in [5, 5.41) is 11.5. The van der Waals surface area contributed by atoms with E-state index in [4.69, 9.17) is 0 Å². The van der Waals surface area contributed by atoms with E-state index in [9.17, 15) is 9.59 Å². The molecule has 2 aliphatic rings. The number of thioether (sulfide) groups is 1. The quantitative estimate of drug-likeness (QED) is 0.402. The van der Waals surface area contributed by atoms with Crippen molar-refractivity contribution in [1.29, 1.82) is 0 Å². The zero-order chi connectivity index (χ0) is 20.5. The minimum Gasteiger partial charge on any atom is -0.303 e. The summed E-state index contributed by atoms with van der Waals surface area (Å²) in [4.78, 5) is 24.8. The first kappa shape index (κ1) is 18.5. The molecule has 5 nitrogen and oxygen atoms in total. The Balaban J connectivity index is 1.38. The van der Waals surface area contributed by atoms with Gasteiger partial charge in [-0.25, -0.2) is 0 Å². The molecule has 1 atom stereocenters. The van der Waals surface area contributed by atoms with Crippen LogP contribution in [0.5, 0.6) is 0 Å². The van der Waals surface area contributed by atoms with E-state index in [1.807, 2.05) is 54.6 Å². The van der Waals surface area contributed by atoms with Gasteiger partial charge in [-0.1, -0.05) is 90.6 Å². The number of rotatable bonds is 4. The molecule has 1 fully saturated rings. The highest BCUT2D eigenvalue weighted by molar-refractivity contribution is 8.15. The first-order valence-electron chi connectivity index (χ1n) is 9.61. The maximum Gasteiger partial charge on any atom is 0.240 e. The van der Waals surface area contributed by atoms with Crippen molar-refractivity contribution in [2.24, 2.45) is 10.2 Å². The van der Waals surface area contributed by atoms with Crippen LogP contribution in [0, 0.1) is 0 Å². The molecule has 0 radical (unpaired) electrons. The van der Waals surface area contributed by atoms with E-state index in [0.29, 0.717) is 10.7 Å². The summed E-state index contributed by atoms with van der Waals surface area (Å²) in [6.45, 7) is 0. The molecule has 1 N–H and O–H groups in total. The van der Waals surface area contributed by atoms with Gasteiger partial charge >= 0.3 is 0 Å². The van der Waals surface area contributed by atoms with Crippen molar-refractivity contribution in [3.8, 4) is 11.1 Å². The van der Waals surface area contributed by atoms with Crippen molar-refractivity contribution in [3.63, 3.8) is 0 Å². The van der Waals surface area contributed by atoms with Crippen LogP contribution in [0.3, 0.4) is 0 Å². The van der Waals surface area contributed by atoms with E-state index >= 15 is 0 Å². The van der Waals surface area contributed by atoms with Crippen LogP contribution in [0.4, 0.5) is 0 Å². The number of amides is 1. The molecule has 0 unspecified atom stereocenters. The third-order valence-electron chi connectivity index (χ3n) is 5.14. The summed E-state index contributed by atoms with van der Waals surface area (Å²) in [7, 11) is 0. The van der Waals surface area contributed by atoms with Gasteiger partial charge in [-0.05, 0) is 11.1 Å². The normalized spacial score (nSPS) is 18.1. The minimum absolute atomic E-state index is 0.0607. The van der Waals surface area contributed by atoms with Gasteiger partial charge in [-0.3, -0.25) is 9.59 Å². The van der Waals surface area contributed by atoms with Gasteiger partial charge in [0.1, 0.15) is 5.71 Å². The molecule has 1 aliphatic carbocycles. The molecule has 3 aromatic carbocycles. The minimum atomic E-state index is -0.500. The number of nitrogens with zero attached hydrogens (tertiary/aromatic N) is 2. The summed E-state index contributed by atoms with van der Waals surface area (Å²) >= 11 is 1.25. The first-order chi connectivity index (χ1) is 14.7. The van der Waals surface area contributed by atoms with Crippen molar-refractivity contribution in [2.45, 2.75) is 11.7 Å². The highest BCUT2D eigenvalue weighted by Crippen LogP contribution is 2.36. The fourth-order valence-corrected chi connectivity index (χ4v) is 4.61. The predicted octanol–water partition coefficient (Wildman–Crippen LogP) is 4.28. The zero-order valence-electron chi connectivity index (χ0n) is 15.9. The molecule has 0 aromatic heterocycles. The van der Waals surface area contributed by atoms with Crippen molar-refractivity contribution in [2.75, 3.05) is 0 Å². The fourth-order valence-electron chi connectivity index (χ4n) is 3.69. The van der Waals surface area contributed by atoms with Crippen molar-refractivity contribution < 1.29 is 9.59 Å². The van der Waals surface area contributed by atoms with Crippen molar-refractivity contribution in [3.05, 3.63) is 95.6 Å². The zero-order valence-corrected chi connectivity index (χ0v) is 16.7. The second kappa shape index (κ2) is 7.72. The third-order valence-corrected chi connectivity index (χ3v) is 6.21. The van der Waals surface area contributed by atoms with Crippen LogP contribution < -0.4 is 5.32 Å². The Bertz CT molecular complexity index is 1170. The number of carbonyl (C=O) groups is 2. The van der Waals surface area contributed by atoms with Gasteiger partial charge in [0, 0.05) is 23.1 Å². The molecule has 146 valence electrons. The smallest absolute Gasteiger partial charge is 0.240 e. The Morgan fingerprint density at radius 1 is 0.800 bits per heavy atom. The Labute approximate surface area is 177 Å². The lowest BCUT2D eigenvalue weighted by atomic mass is 10.1. The molecule has 1 heterocycles. The molecule has 0 spiro atoms. The molecule has 0 saturated carbocycles. The van der Waals surface area contributed by atoms with Gasteiger partial charge in [0.2, 0.25) is 5.91 Å². The van der Waals surface area contributed by atoms with E-state index in [2.05, 4.69) is 27.7 Å². The van der Waals surface area contributed by atoms with E-state index in [1.54, 1.807) is 12.1 Å². The highest BCUT2D eigenvalue weighted by Gasteiger charge is 2.32. The Morgan fingerprint density at radius 3 is 2.00 bits per heavy atom. The summed E-state index contributed by atoms with van der Waals surface area (Å²) in [6.07, 6.45) is 0.127. The molecule has 1 amide bonds. The Morgan fingerprint density at radius 2 is 1.37 bits per heavy atom. The maximum atomic E-state index is 12.4. The summed E-state index contributed by atoms with van der Waals surface area (Å²) in [6, 6.07) is 25.2. The largest absolute Gasteiger partial charge is 0.303 e. The summed E-state index contributed by atoms with van der Waals surface area (Å²) in [5.74, 6) is -0.273. The van der Waals surface area contributed by atoms with Gasteiger partial charge in [0.15, 0.2) is 11.0 Å². The maximum absolute atomic E-state index is 12.4. The standard InChI is InChI=1S/C24H17N3O2S/c28-20(15-8-2-1-3-9-15)14-21-23(29)25-24(30-21)27-26-22-18-12-6-4-10-16(18)17-11-5-7-13-19(17)22/h1-13,21H,14H2,(H,25,27,29)/t21-/m0/s1. The van der Waals surface area contributed by atoms with Crippen molar-refractivity contribution in [1.82, 2.24) is 5.32 Å². The second-order valence-electron chi connectivity index (χ2n) is 7.03. The van der Waals surface area contributed by atoms with Gasteiger partial charge in [0.25, 0.3) is 0 Å². The average molecular weight is 411 g/mol. The number of nitrogens with one attached hydrogen (secondary N) is 1. The van der Waals surface area contributed by atoms with Gasteiger partial charge in [0.05, 0.1) is 5.25 Å².